The zero-order valence-corrected chi connectivity index (χ0v) is 11.3. The van der Waals surface area contributed by atoms with Gasteiger partial charge in [-0.15, -0.1) is 0 Å². The van der Waals surface area contributed by atoms with Crippen molar-refractivity contribution in [1.29, 1.82) is 0 Å². The van der Waals surface area contributed by atoms with Crippen LogP contribution in [0.5, 0.6) is 0 Å². The summed E-state index contributed by atoms with van der Waals surface area (Å²) >= 11 is 0. The van der Waals surface area contributed by atoms with E-state index in [4.69, 9.17) is 10.8 Å². The molecule has 0 aliphatic carbocycles. The van der Waals surface area contributed by atoms with E-state index in [1.807, 2.05) is 0 Å². The Morgan fingerprint density at radius 3 is 2.31 bits per heavy atom. The molecular weight excluding hydrogens is 200 g/mol. The topological polar surface area (TPSA) is 49.5 Å². The lowest BCUT2D eigenvalue weighted by molar-refractivity contribution is 0.178. The van der Waals surface area contributed by atoms with Gasteiger partial charge in [-0.05, 0) is 50.7 Å². The van der Waals surface area contributed by atoms with Crippen molar-refractivity contribution in [3.8, 4) is 0 Å². The van der Waals surface area contributed by atoms with Crippen molar-refractivity contribution < 1.29 is 5.11 Å². The summed E-state index contributed by atoms with van der Waals surface area (Å²) in [6, 6.07) is 0. The molecule has 3 heteroatoms. The summed E-state index contributed by atoms with van der Waals surface area (Å²) in [6.45, 7) is 11.1. The van der Waals surface area contributed by atoms with E-state index in [2.05, 4.69) is 25.7 Å². The Hall–Kier alpha value is -0.120. The summed E-state index contributed by atoms with van der Waals surface area (Å²) in [5.41, 5.74) is 5.98. The second-order valence-electron chi connectivity index (χ2n) is 5.43. The van der Waals surface area contributed by atoms with Gasteiger partial charge in [-0.3, -0.25) is 0 Å². The molecule has 16 heavy (non-hydrogen) atoms. The van der Waals surface area contributed by atoms with Gasteiger partial charge in [-0.2, -0.15) is 0 Å². The zero-order valence-electron chi connectivity index (χ0n) is 11.3. The molecule has 3 nitrogen and oxygen atoms in total. The van der Waals surface area contributed by atoms with Crippen molar-refractivity contribution in [3.05, 3.63) is 0 Å². The lowest BCUT2D eigenvalue weighted by atomic mass is 9.93. The molecule has 0 saturated carbocycles. The molecule has 0 spiro atoms. The largest absolute Gasteiger partial charge is 0.396 e. The molecule has 0 aromatic heterocycles. The number of unbranched alkanes of at least 4 members (excludes halogenated alkanes) is 2. The number of nitrogens with two attached hydrogens (primary N) is 1. The molecule has 0 aliphatic rings. The minimum atomic E-state index is 0.214. The van der Waals surface area contributed by atoms with Gasteiger partial charge in [0.25, 0.3) is 0 Å². The SMILES string of the molecule is CCCN(CCCCCO)CC(C)(C)CN. The van der Waals surface area contributed by atoms with E-state index in [-0.39, 0.29) is 5.41 Å². The second kappa shape index (κ2) is 8.97. The quantitative estimate of drug-likeness (QED) is 0.563. The molecule has 0 unspecified atom stereocenters. The fourth-order valence-electron chi connectivity index (χ4n) is 1.88. The van der Waals surface area contributed by atoms with Crippen LogP contribution in [0.4, 0.5) is 0 Å². The molecule has 0 atom stereocenters. The molecular formula is C13H30N2O. The zero-order chi connectivity index (χ0) is 12.4. The predicted octanol–water partition coefficient (Wildman–Crippen LogP) is 1.85. The summed E-state index contributed by atoms with van der Waals surface area (Å²) in [4.78, 5) is 2.50. The molecule has 0 saturated heterocycles. The van der Waals surface area contributed by atoms with Crippen LogP contribution < -0.4 is 5.73 Å². The van der Waals surface area contributed by atoms with E-state index in [1.165, 1.54) is 12.8 Å². The van der Waals surface area contributed by atoms with Crippen molar-refractivity contribution in [2.45, 2.75) is 46.5 Å². The summed E-state index contributed by atoms with van der Waals surface area (Å²) in [7, 11) is 0. The van der Waals surface area contributed by atoms with E-state index >= 15 is 0 Å². The molecule has 0 bridgehead atoms. The number of aliphatic hydroxyl groups is 1. The smallest absolute Gasteiger partial charge is 0.0431 e. The lowest BCUT2D eigenvalue weighted by Crippen LogP contribution is -2.39. The lowest BCUT2D eigenvalue weighted by Gasteiger charge is -2.31. The molecule has 0 rings (SSSR count). The van der Waals surface area contributed by atoms with Crippen LogP contribution >= 0.6 is 0 Å². The Bertz CT molecular complexity index is 160. The van der Waals surface area contributed by atoms with E-state index in [1.54, 1.807) is 0 Å². The summed E-state index contributed by atoms with van der Waals surface area (Å²) in [6.07, 6.45) is 4.43. The van der Waals surface area contributed by atoms with Crippen molar-refractivity contribution in [2.75, 3.05) is 32.8 Å². The summed E-state index contributed by atoms with van der Waals surface area (Å²) in [5.74, 6) is 0. The first-order valence-electron chi connectivity index (χ1n) is 6.59. The van der Waals surface area contributed by atoms with E-state index in [9.17, 15) is 0 Å². The maximum Gasteiger partial charge on any atom is 0.0431 e. The first-order valence-corrected chi connectivity index (χ1v) is 6.59. The van der Waals surface area contributed by atoms with Crippen LogP contribution in [-0.4, -0.2) is 42.8 Å². The normalized spacial score (nSPS) is 12.4. The molecule has 0 aromatic rings. The fourth-order valence-corrected chi connectivity index (χ4v) is 1.88. The monoisotopic (exact) mass is 230 g/mol. The minimum Gasteiger partial charge on any atom is -0.396 e. The highest BCUT2D eigenvalue weighted by Gasteiger charge is 2.19. The van der Waals surface area contributed by atoms with Crippen molar-refractivity contribution in [1.82, 2.24) is 4.90 Å². The fraction of sp³-hybridized carbons (Fsp3) is 1.00. The van der Waals surface area contributed by atoms with Gasteiger partial charge in [0.15, 0.2) is 0 Å². The van der Waals surface area contributed by atoms with Gasteiger partial charge in [0.05, 0.1) is 0 Å². The number of nitrogens with zero attached hydrogens (tertiary/aromatic N) is 1. The number of rotatable bonds is 10. The van der Waals surface area contributed by atoms with Gasteiger partial charge < -0.3 is 15.7 Å². The average Bonchev–Trinajstić information content (AvgIpc) is 2.24. The molecule has 0 aromatic carbocycles. The van der Waals surface area contributed by atoms with Crippen LogP contribution in [0.1, 0.15) is 46.5 Å². The molecule has 0 aliphatic heterocycles. The van der Waals surface area contributed by atoms with Gasteiger partial charge in [0.1, 0.15) is 0 Å². The highest BCUT2D eigenvalue weighted by Crippen LogP contribution is 2.15. The molecule has 0 amide bonds. The standard InChI is InChI=1S/C13H30N2O/c1-4-8-15(9-6-5-7-10-16)12-13(2,3)11-14/h16H,4-12,14H2,1-3H3. The maximum atomic E-state index is 8.73. The highest BCUT2D eigenvalue weighted by molar-refractivity contribution is 4.74. The van der Waals surface area contributed by atoms with Crippen molar-refractivity contribution >= 4 is 0 Å². The Kier molecular flexibility index (Phi) is 8.90. The van der Waals surface area contributed by atoms with Crippen LogP contribution in [0.2, 0.25) is 0 Å². The van der Waals surface area contributed by atoms with Crippen LogP contribution in [0.25, 0.3) is 0 Å². The van der Waals surface area contributed by atoms with E-state index < -0.39 is 0 Å². The summed E-state index contributed by atoms with van der Waals surface area (Å²) < 4.78 is 0. The first-order chi connectivity index (χ1) is 7.55. The third-order valence-electron chi connectivity index (χ3n) is 2.88. The van der Waals surface area contributed by atoms with Crippen LogP contribution in [0.3, 0.4) is 0 Å². The Morgan fingerprint density at radius 1 is 1.12 bits per heavy atom. The van der Waals surface area contributed by atoms with Gasteiger partial charge in [-0.25, -0.2) is 0 Å². The van der Waals surface area contributed by atoms with Gasteiger partial charge in [0.2, 0.25) is 0 Å². The first kappa shape index (κ1) is 15.9. The Morgan fingerprint density at radius 2 is 1.81 bits per heavy atom. The number of aliphatic hydroxyl groups excluding tert-OH is 1. The number of hydrogen-bond donors (Lipinski definition) is 2. The average molecular weight is 230 g/mol. The van der Waals surface area contributed by atoms with Crippen molar-refractivity contribution in [2.24, 2.45) is 11.1 Å². The van der Waals surface area contributed by atoms with Gasteiger partial charge in [-0.1, -0.05) is 20.8 Å². The Labute approximate surface area is 101 Å². The molecule has 3 N–H and O–H groups in total. The predicted molar refractivity (Wildman–Crippen MR) is 70.5 cm³/mol. The van der Waals surface area contributed by atoms with Gasteiger partial charge >= 0.3 is 0 Å². The molecule has 0 heterocycles. The van der Waals surface area contributed by atoms with Crippen LogP contribution in [-0.2, 0) is 0 Å². The third kappa shape index (κ3) is 8.08. The maximum absolute atomic E-state index is 8.73. The molecule has 0 radical (unpaired) electrons. The highest BCUT2D eigenvalue weighted by atomic mass is 16.2. The second-order valence-corrected chi connectivity index (χ2v) is 5.43. The third-order valence-corrected chi connectivity index (χ3v) is 2.88. The van der Waals surface area contributed by atoms with Gasteiger partial charge in [0, 0.05) is 13.2 Å². The van der Waals surface area contributed by atoms with E-state index in [0.717, 1.165) is 39.0 Å². The van der Waals surface area contributed by atoms with Crippen LogP contribution in [0.15, 0.2) is 0 Å². The summed E-state index contributed by atoms with van der Waals surface area (Å²) in [5, 5.41) is 8.73. The number of hydrogen-bond acceptors (Lipinski definition) is 3. The van der Waals surface area contributed by atoms with E-state index in [0.29, 0.717) is 6.61 Å². The Balaban J connectivity index is 3.87. The van der Waals surface area contributed by atoms with Crippen molar-refractivity contribution in [3.63, 3.8) is 0 Å². The van der Waals surface area contributed by atoms with Crippen LogP contribution in [0, 0.1) is 5.41 Å². The minimum absolute atomic E-state index is 0.214. The molecule has 0 fully saturated rings. The molecule has 98 valence electrons.